The molecule has 112 valence electrons. The lowest BCUT2D eigenvalue weighted by molar-refractivity contribution is 0.557. The SMILES string of the molecule is CN(C)c1oc(C=NNc2ccc3ccccc3n2)cc1Br. The standard InChI is InChI=1S/C16H15BrN4O/c1-21(2)16-13(17)9-12(22-16)10-18-20-15-8-7-11-5-3-4-6-14(11)19-15/h3-10H,1-2H3,(H,19,20). The molecule has 0 saturated heterocycles. The first kappa shape index (κ1) is 14.6. The molecule has 0 fully saturated rings. The molecular weight excluding hydrogens is 344 g/mol. The zero-order valence-corrected chi connectivity index (χ0v) is 13.8. The van der Waals surface area contributed by atoms with E-state index in [0.29, 0.717) is 11.6 Å². The van der Waals surface area contributed by atoms with Crippen LogP contribution in [0.2, 0.25) is 0 Å². The average molecular weight is 359 g/mol. The van der Waals surface area contributed by atoms with Gasteiger partial charge in [-0.3, -0.25) is 5.43 Å². The molecule has 2 heterocycles. The molecule has 0 aliphatic rings. The van der Waals surface area contributed by atoms with Crippen LogP contribution in [0.4, 0.5) is 11.7 Å². The van der Waals surface area contributed by atoms with Crippen LogP contribution in [0.25, 0.3) is 10.9 Å². The van der Waals surface area contributed by atoms with Crippen LogP contribution < -0.4 is 10.3 Å². The smallest absolute Gasteiger partial charge is 0.210 e. The van der Waals surface area contributed by atoms with E-state index >= 15 is 0 Å². The van der Waals surface area contributed by atoms with Crippen LogP contribution in [0.1, 0.15) is 5.76 Å². The minimum atomic E-state index is 0.656. The van der Waals surface area contributed by atoms with E-state index in [1.54, 1.807) is 6.21 Å². The summed E-state index contributed by atoms with van der Waals surface area (Å²) in [7, 11) is 3.84. The predicted molar refractivity (Wildman–Crippen MR) is 93.7 cm³/mol. The third-order valence-electron chi connectivity index (χ3n) is 3.06. The highest BCUT2D eigenvalue weighted by molar-refractivity contribution is 9.10. The van der Waals surface area contributed by atoms with Gasteiger partial charge in [-0.25, -0.2) is 4.98 Å². The van der Waals surface area contributed by atoms with Gasteiger partial charge in [0.1, 0.15) is 5.82 Å². The van der Waals surface area contributed by atoms with E-state index in [4.69, 9.17) is 4.42 Å². The molecule has 0 radical (unpaired) electrons. The molecular formula is C16H15BrN4O. The molecule has 0 unspecified atom stereocenters. The molecule has 1 aromatic carbocycles. The van der Waals surface area contributed by atoms with Crippen molar-refractivity contribution in [1.29, 1.82) is 0 Å². The van der Waals surface area contributed by atoms with Crippen molar-refractivity contribution < 1.29 is 4.42 Å². The maximum absolute atomic E-state index is 5.65. The van der Waals surface area contributed by atoms with Crippen LogP contribution in [0.15, 0.2) is 56.5 Å². The van der Waals surface area contributed by atoms with Gasteiger partial charge in [0.25, 0.3) is 0 Å². The Morgan fingerprint density at radius 2 is 2.05 bits per heavy atom. The Balaban J connectivity index is 1.74. The van der Waals surface area contributed by atoms with Crippen LogP contribution >= 0.6 is 15.9 Å². The first-order valence-corrected chi connectivity index (χ1v) is 7.54. The highest BCUT2D eigenvalue weighted by Gasteiger charge is 2.08. The van der Waals surface area contributed by atoms with Gasteiger partial charge < -0.3 is 9.32 Å². The Morgan fingerprint density at radius 1 is 1.23 bits per heavy atom. The Morgan fingerprint density at radius 3 is 2.82 bits per heavy atom. The summed E-state index contributed by atoms with van der Waals surface area (Å²) in [6, 6.07) is 13.7. The topological polar surface area (TPSA) is 53.7 Å². The van der Waals surface area contributed by atoms with E-state index in [-0.39, 0.29) is 0 Å². The first-order valence-electron chi connectivity index (χ1n) is 6.75. The number of aromatic nitrogens is 1. The molecule has 1 N–H and O–H groups in total. The van der Waals surface area contributed by atoms with E-state index in [1.165, 1.54) is 0 Å². The molecule has 0 amide bonds. The lowest BCUT2D eigenvalue weighted by Crippen LogP contribution is -2.07. The summed E-state index contributed by atoms with van der Waals surface area (Å²) in [5, 5.41) is 5.26. The van der Waals surface area contributed by atoms with Gasteiger partial charge in [-0.05, 0) is 34.1 Å². The van der Waals surface area contributed by atoms with Crippen LogP contribution in [0, 0.1) is 0 Å². The van der Waals surface area contributed by atoms with Gasteiger partial charge in [-0.1, -0.05) is 18.2 Å². The molecule has 0 aliphatic carbocycles. The number of anilines is 2. The number of fused-ring (bicyclic) bond motifs is 1. The van der Waals surface area contributed by atoms with Crippen LogP contribution in [0.5, 0.6) is 0 Å². The maximum atomic E-state index is 5.65. The van der Waals surface area contributed by atoms with Gasteiger partial charge in [0.05, 0.1) is 16.2 Å². The molecule has 0 bridgehead atoms. The maximum Gasteiger partial charge on any atom is 0.210 e. The Labute approximate surface area is 136 Å². The average Bonchev–Trinajstić information content (AvgIpc) is 2.88. The lowest BCUT2D eigenvalue weighted by atomic mass is 10.2. The zero-order valence-electron chi connectivity index (χ0n) is 12.2. The summed E-state index contributed by atoms with van der Waals surface area (Å²) in [6.45, 7) is 0. The van der Waals surface area contributed by atoms with Gasteiger partial charge in [0, 0.05) is 25.5 Å². The van der Waals surface area contributed by atoms with Crippen molar-refractivity contribution in [3.05, 3.63) is 52.7 Å². The number of nitrogens with one attached hydrogen (secondary N) is 1. The number of rotatable bonds is 4. The molecule has 0 saturated carbocycles. The molecule has 5 nitrogen and oxygen atoms in total. The Bertz CT molecular complexity index is 826. The monoisotopic (exact) mass is 358 g/mol. The summed E-state index contributed by atoms with van der Waals surface area (Å²) in [5.41, 5.74) is 3.84. The van der Waals surface area contributed by atoms with E-state index in [0.717, 1.165) is 21.3 Å². The van der Waals surface area contributed by atoms with Gasteiger partial charge >= 0.3 is 0 Å². The van der Waals surface area contributed by atoms with Crippen LogP contribution in [-0.4, -0.2) is 25.3 Å². The minimum Gasteiger partial charge on any atom is -0.438 e. The molecule has 0 spiro atoms. The van der Waals surface area contributed by atoms with Gasteiger partial charge in [-0.15, -0.1) is 0 Å². The van der Waals surface area contributed by atoms with Gasteiger partial charge in [0.2, 0.25) is 5.88 Å². The van der Waals surface area contributed by atoms with Crippen molar-refractivity contribution in [2.45, 2.75) is 0 Å². The number of hydrogen-bond acceptors (Lipinski definition) is 5. The van der Waals surface area contributed by atoms with Crippen LogP contribution in [0.3, 0.4) is 0 Å². The second-order valence-electron chi connectivity index (χ2n) is 4.96. The minimum absolute atomic E-state index is 0.656. The fraction of sp³-hybridized carbons (Fsp3) is 0.125. The van der Waals surface area contributed by atoms with E-state index in [2.05, 4.69) is 31.4 Å². The fourth-order valence-electron chi connectivity index (χ4n) is 2.04. The largest absolute Gasteiger partial charge is 0.438 e. The van der Waals surface area contributed by atoms with Crippen molar-refractivity contribution >= 4 is 44.7 Å². The highest BCUT2D eigenvalue weighted by Crippen LogP contribution is 2.27. The third kappa shape index (κ3) is 3.12. The fourth-order valence-corrected chi connectivity index (χ4v) is 2.70. The number of hydrogen-bond donors (Lipinski definition) is 1. The van der Waals surface area contributed by atoms with E-state index in [9.17, 15) is 0 Å². The molecule has 0 atom stereocenters. The molecule has 3 rings (SSSR count). The summed E-state index contributed by atoms with van der Waals surface area (Å²) in [6.07, 6.45) is 1.62. The number of para-hydroxylation sites is 1. The quantitative estimate of drug-likeness (QED) is 0.563. The summed E-state index contributed by atoms with van der Waals surface area (Å²) in [4.78, 5) is 6.37. The van der Waals surface area contributed by atoms with Crippen molar-refractivity contribution in [2.75, 3.05) is 24.4 Å². The number of benzene rings is 1. The number of hydrazone groups is 1. The van der Waals surface area contributed by atoms with E-state index < -0.39 is 0 Å². The zero-order chi connectivity index (χ0) is 15.5. The van der Waals surface area contributed by atoms with Gasteiger partial charge in [-0.2, -0.15) is 5.10 Å². The summed E-state index contributed by atoms with van der Waals surface area (Å²) >= 11 is 3.45. The summed E-state index contributed by atoms with van der Waals surface area (Å²) in [5.74, 6) is 2.10. The van der Waals surface area contributed by atoms with Crippen molar-refractivity contribution in [3.63, 3.8) is 0 Å². The molecule has 0 aliphatic heterocycles. The molecule has 3 aromatic rings. The second kappa shape index (κ2) is 6.19. The second-order valence-corrected chi connectivity index (χ2v) is 5.81. The number of nitrogens with zero attached hydrogens (tertiary/aromatic N) is 3. The van der Waals surface area contributed by atoms with Gasteiger partial charge in [0.15, 0.2) is 5.76 Å². The number of pyridine rings is 1. The number of furan rings is 1. The van der Waals surface area contributed by atoms with E-state index in [1.807, 2.05) is 61.5 Å². The Hall–Kier alpha value is -2.34. The first-order chi connectivity index (χ1) is 10.6. The van der Waals surface area contributed by atoms with Crippen molar-refractivity contribution in [2.24, 2.45) is 5.10 Å². The van der Waals surface area contributed by atoms with Crippen molar-refractivity contribution in [1.82, 2.24) is 4.98 Å². The lowest BCUT2D eigenvalue weighted by Gasteiger charge is -2.07. The molecule has 2 aromatic heterocycles. The Kier molecular flexibility index (Phi) is 4.11. The third-order valence-corrected chi connectivity index (χ3v) is 3.63. The highest BCUT2D eigenvalue weighted by atomic mass is 79.9. The van der Waals surface area contributed by atoms with Crippen LogP contribution in [-0.2, 0) is 0 Å². The predicted octanol–water partition coefficient (Wildman–Crippen LogP) is 4.10. The summed E-state index contributed by atoms with van der Waals surface area (Å²) < 4.78 is 6.54. The van der Waals surface area contributed by atoms with Crippen molar-refractivity contribution in [3.8, 4) is 0 Å². The number of halogens is 1. The molecule has 6 heteroatoms. The normalized spacial score (nSPS) is 11.2. The molecule has 22 heavy (non-hydrogen) atoms.